The highest BCUT2D eigenvalue weighted by atomic mass is 19.3. The third-order valence-corrected chi connectivity index (χ3v) is 1.76. The van der Waals surface area contributed by atoms with Crippen molar-refractivity contribution in [2.75, 3.05) is 6.54 Å². The zero-order valence-corrected chi connectivity index (χ0v) is 7.73. The van der Waals surface area contributed by atoms with Gasteiger partial charge in [-0.1, -0.05) is 0 Å². The van der Waals surface area contributed by atoms with Crippen molar-refractivity contribution in [1.29, 1.82) is 0 Å². The maximum Gasteiger partial charge on any atom is 0.250 e. The molecule has 0 spiro atoms. The van der Waals surface area contributed by atoms with Crippen molar-refractivity contribution in [2.45, 2.75) is 26.8 Å². The summed E-state index contributed by atoms with van der Waals surface area (Å²) in [5.41, 5.74) is 0.943. The Bertz CT molecular complexity index is 271. The van der Waals surface area contributed by atoms with Crippen LogP contribution in [0.15, 0.2) is 10.5 Å². The van der Waals surface area contributed by atoms with E-state index in [4.69, 9.17) is 4.42 Å². The number of alkyl halides is 2. The monoisotopic (exact) mass is 189 g/mol. The number of hydrogen-bond donors (Lipinski definition) is 1. The molecule has 4 heteroatoms. The quantitative estimate of drug-likeness (QED) is 0.785. The molecule has 0 saturated carbocycles. The van der Waals surface area contributed by atoms with Crippen LogP contribution in [0.3, 0.4) is 0 Å². The van der Waals surface area contributed by atoms with E-state index in [1.54, 1.807) is 0 Å². The van der Waals surface area contributed by atoms with Crippen LogP contribution < -0.4 is 5.32 Å². The third-order valence-electron chi connectivity index (χ3n) is 1.76. The van der Waals surface area contributed by atoms with Gasteiger partial charge >= 0.3 is 0 Å². The van der Waals surface area contributed by atoms with Crippen LogP contribution in [0.5, 0.6) is 0 Å². The minimum Gasteiger partial charge on any atom is -0.466 e. The van der Waals surface area contributed by atoms with E-state index in [1.807, 2.05) is 19.9 Å². The van der Waals surface area contributed by atoms with Crippen molar-refractivity contribution in [3.63, 3.8) is 0 Å². The lowest BCUT2D eigenvalue weighted by Crippen LogP contribution is -2.20. The van der Waals surface area contributed by atoms with Crippen LogP contribution in [0.1, 0.15) is 17.1 Å². The van der Waals surface area contributed by atoms with Crippen LogP contribution in [0.25, 0.3) is 0 Å². The van der Waals surface area contributed by atoms with Crippen molar-refractivity contribution >= 4 is 0 Å². The maximum absolute atomic E-state index is 11.8. The van der Waals surface area contributed by atoms with Crippen molar-refractivity contribution in [3.05, 3.63) is 23.2 Å². The number of aryl methyl sites for hydroxylation is 2. The molecule has 1 heterocycles. The van der Waals surface area contributed by atoms with Gasteiger partial charge in [0.15, 0.2) is 0 Å². The molecule has 1 N–H and O–H groups in total. The van der Waals surface area contributed by atoms with Gasteiger partial charge in [0.1, 0.15) is 11.5 Å². The van der Waals surface area contributed by atoms with Crippen LogP contribution in [-0.4, -0.2) is 13.0 Å². The number of furan rings is 1. The first-order chi connectivity index (χ1) is 6.09. The van der Waals surface area contributed by atoms with Crippen LogP contribution in [0.2, 0.25) is 0 Å². The maximum atomic E-state index is 11.8. The Kier molecular flexibility index (Phi) is 3.42. The van der Waals surface area contributed by atoms with Crippen LogP contribution >= 0.6 is 0 Å². The fraction of sp³-hybridized carbons (Fsp3) is 0.556. The third kappa shape index (κ3) is 3.14. The predicted molar refractivity (Wildman–Crippen MR) is 45.9 cm³/mol. The largest absolute Gasteiger partial charge is 0.466 e. The smallest absolute Gasteiger partial charge is 0.250 e. The highest BCUT2D eigenvalue weighted by molar-refractivity contribution is 5.19. The molecule has 0 aromatic carbocycles. The lowest BCUT2D eigenvalue weighted by molar-refractivity contribution is 0.145. The van der Waals surface area contributed by atoms with E-state index < -0.39 is 6.43 Å². The summed E-state index contributed by atoms with van der Waals surface area (Å²) in [7, 11) is 0. The van der Waals surface area contributed by atoms with Gasteiger partial charge in [0, 0.05) is 12.1 Å². The normalized spacial score (nSPS) is 11.2. The Morgan fingerprint density at radius 2 is 2.15 bits per heavy atom. The predicted octanol–water partition coefficient (Wildman–Crippen LogP) is 2.25. The summed E-state index contributed by atoms with van der Waals surface area (Å²) >= 11 is 0. The van der Waals surface area contributed by atoms with Crippen molar-refractivity contribution < 1.29 is 13.2 Å². The van der Waals surface area contributed by atoms with E-state index in [-0.39, 0.29) is 6.54 Å². The Labute approximate surface area is 75.9 Å². The summed E-state index contributed by atoms with van der Waals surface area (Å²) in [6.45, 7) is 3.83. The highest BCUT2D eigenvalue weighted by Crippen LogP contribution is 2.12. The molecule has 13 heavy (non-hydrogen) atoms. The topological polar surface area (TPSA) is 25.2 Å². The first kappa shape index (κ1) is 10.2. The van der Waals surface area contributed by atoms with Gasteiger partial charge in [0.05, 0.1) is 6.54 Å². The number of halogens is 2. The average molecular weight is 189 g/mol. The molecule has 0 saturated heterocycles. The summed E-state index contributed by atoms with van der Waals surface area (Å²) in [5, 5.41) is 2.65. The molecule has 0 bridgehead atoms. The molecule has 0 aliphatic rings. The van der Waals surface area contributed by atoms with Gasteiger partial charge in [0.2, 0.25) is 0 Å². The SMILES string of the molecule is Cc1cc(CNCC(F)F)c(C)o1. The standard InChI is InChI=1S/C9H13F2NO/c1-6-3-8(7(2)13-6)4-12-5-9(10)11/h3,9,12H,4-5H2,1-2H3. The Morgan fingerprint density at radius 1 is 1.46 bits per heavy atom. The molecule has 0 fully saturated rings. The average Bonchev–Trinajstić information content (AvgIpc) is 2.29. The summed E-state index contributed by atoms with van der Waals surface area (Å²) in [6, 6.07) is 1.85. The zero-order chi connectivity index (χ0) is 9.84. The van der Waals surface area contributed by atoms with Crippen LogP contribution in [0, 0.1) is 13.8 Å². The molecule has 0 unspecified atom stereocenters. The highest BCUT2D eigenvalue weighted by Gasteiger charge is 2.05. The fourth-order valence-corrected chi connectivity index (χ4v) is 1.17. The number of hydrogen-bond acceptors (Lipinski definition) is 2. The molecule has 0 radical (unpaired) electrons. The number of rotatable bonds is 4. The molecule has 0 aliphatic heterocycles. The molecule has 0 aliphatic carbocycles. The van der Waals surface area contributed by atoms with E-state index in [2.05, 4.69) is 5.32 Å². The summed E-state index contributed by atoms with van der Waals surface area (Å²) in [4.78, 5) is 0. The lowest BCUT2D eigenvalue weighted by atomic mass is 10.2. The van der Waals surface area contributed by atoms with Crippen molar-refractivity contribution in [1.82, 2.24) is 5.32 Å². The molecule has 1 aromatic rings. The summed E-state index contributed by atoms with van der Waals surface area (Å²) in [5.74, 6) is 1.60. The van der Waals surface area contributed by atoms with Gasteiger partial charge in [0.25, 0.3) is 6.43 Å². The van der Waals surface area contributed by atoms with Gasteiger partial charge in [-0.15, -0.1) is 0 Å². The van der Waals surface area contributed by atoms with Gasteiger partial charge < -0.3 is 9.73 Å². The van der Waals surface area contributed by atoms with E-state index in [0.29, 0.717) is 6.54 Å². The molecular formula is C9H13F2NO. The Hall–Kier alpha value is -0.900. The molecule has 0 amide bonds. The van der Waals surface area contributed by atoms with Gasteiger partial charge in [-0.25, -0.2) is 8.78 Å². The minimum atomic E-state index is -2.30. The first-order valence-corrected chi connectivity index (χ1v) is 4.14. The van der Waals surface area contributed by atoms with E-state index in [1.165, 1.54) is 0 Å². The molecule has 74 valence electrons. The Balaban J connectivity index is 2.40. The van der Waals surface area contributed by atoms with Gasteiger partial charge in [-0.3, -0.25) is 0 Å². The minimum absolute atomic E-state index is 0.274. The zero-order valence-electron chi connectivity index (χ0n) is 7.73. The second-order valence-electron chi connectivity index (χ2n) is 2.96. The van der Waals surface area contributed by atoms with Crippen LogP contribution in [-0.2, 0) is 6.54 Å². The van der Waals surface area contributed by atoms with Gasteiger partial charge in [-0.2, -0.15) is 0 Å². The lowest BCUT2D eigenvalue weighted by Gasteiger charge is -2.01. The van der Waals surface area contributed by atoms with Crippen molar-refractivity contribution in [3.8, 4) is 0 Å². The Morgan fingerprint density at radius 3 is 2.62 bits per heavy atom. The molecule has 1 rings (SSSR count). The summed E-state index contributed by atoms with van der Waals surface area (Å²) in [6.07, 6.45) is -2.30. The fourth-order valence-electron chi connectivity index (χ4n) is 1.17. The second-order valence-corrected chi connectivity index (χ2v) is 2.96. The molecule has 0 atom stereocenters. The van der Waals surface area contributed by atoms with E-state index in [9.17, 15) is 8.78 Å². The van der Waals surface area contributed by atoms with Crippen molar-refractivity contribution in [2.24, 2.45) is 0 Å². The summed E-state index contributed by atoms with van der Waals surface area (Å²) < 4.78 is 28.8. The van der Waals surface area contributed by atoms with E-state index in [0.717, 1.165) is 17.1 Å². The molecule has 2 nitrogen and oxygen atoms in total. The van der Waals surface area contributed by atoms with Gasteiger partial charge in [-0.05, 0) is 19.9 Å². The molecular weight excluding hydrogens is 176 g/mol. The van der Waals surface area contributed by atoms with Crippen LogP contribution in [0.4, 0.5) is 8.78 Å². The first-order valence-electron chi connectivity index (χ1n) is 4.14. The second kappa shape index (κ2) is 4.37. The number of nitrogens with one attached hydrogen (secondary N) is 1. The van der Waals surface area contributed by atoms with E-state index >= 15 is 0 Å². The molecule has 1 aromatic heterocycles.